The Labute approximate surface area is 148 Å². The molecule has 4 heteroatoms. The molecule has 0 saturated heterocycles. The van der Waals surface area contributed by atoms with Crippen molar-refractivity contribution >= 4 is 5.91 Å². The molecular formula is C21H23NO3. The topological polar surface area (TPSA) is 38.8 Å². The van der Waals surface area contributed by atoms with Gasteiger partial charge < -0.3 is 14.4 Å². The molecule has 2 heterocycles. The Morgan fingerprint density at radius 1 is 0.920 bits per heavy atom. The molecule has 2 atom stereocenters. The largest absolute Gasteiger partial charge is 0.371 e. The lowest BCUT2D eigenvalue weighted by Crippen LogP contribution is -2.45. The van der Waals surface area contributed by atoms with E-state index in [0.29, 0.717) is 26.2 Å². The lowest BCUT2D eigenvalue weighted by Gasteiger charge is -2.32. The summed E-state index contributed by atoms with van der Waals surface area (Å²) in [7, 11) is 1.84. The Kier molecular flexibility index (Phi) is 4.55. The van der Waals surface area contributed by atoms with Crippen molar-refractivity contribution in [2.24, 2.45) is 0 Å². The highest BCUT2D eigenvalue weighted by Gasteiger charge is 2.29. The molecule has 0 spiro atoms. The van der Waals surface area contributed by atoms with Gasteiger partial charge in [-0.15, -0.1) is 0 Å². The Bertz CT molecular complexity index is 773. The maximum absolute atomic E-state index is 12.8. The zero-order valence-corrected chi connectivity index (χ0v) is 14.5. The lowest BCUT2D eigenvalue weighted by atomic mass is 9.97. The molecule has 2 aliphatic heterocycles. The van der Waals surface area contributed by atoms with Gasteiger partial charge in [0.15, 0.2) is 0 Å². The summed E-state index contributed by atoms with van der Waals surface area (Å²) >= 11 is 0. The van der Waals surface area contributed by atoms with Crippen LogP contribution in [0.3, 0.4) is 0 Å². The number of carbonyl (C=O) groups excluding carboxylic acids is 1. The zero-order chi connectivity index (χ0) is 17.2. The van der Waals surface area contributed by atoms with E-state index in [2.05, 4.69) is 30.3 Å². The lowest BCUT2D eigenvalue weighted by molar-refractivity contribution is -0.146. The van der Waals surface area contributed by atoms with Gasteiger partial charge in [0.1, 0.15) is 6.10 Å². The molecule has 0 radical (unpaired) electrons. The Morgan fingerprint density at radius 2 is 1.48 bits per heavy atom. The van der Waals surface area contributed by atoms with Crippen molar-refractivity contribution in [3.05, 3.63) is 70.8 Å². The fourth-order valence-electron chi connectivity index (χ4n) is 3.67. The second-order valence-electron chi connectivity index (χ2n) is 6.90. The molecule has 2 aliphatic rings. The van der Waals surface area contributed by atoms with Crippen LogP contribution in [-0.4, -0.2) is 36.6 Å². The summed E-state index contributed by atoms with van der Waals surface area (Å²) in [5, 5.41) is 0. The van der Waals surface area contributed by atoms with E-state index in [0.717, 1.165) is 6.42 Å². The van der Waals surface area contributed by atoms with Crippen molar-refractivity contribution in [2.45, 2.75) is 38.3 Å². The van der Waals surface area contributed by atoms with E-state index in [1.165, 1.54) is 22.3 Å². The number of nitrogens with zero attached hydrogens (tertiary/aromatic N) is 1. The van der Waals surface area contributed by atoms with E-state index in [1.807, 2.05) is 25.2 Å². The molecule has 0 fully saturated rings. The Morgan fingerprint density at radius 3 is 2.16 bits per heavy atom. The molecule has 0 aliphatic carbocycles. The predicted octanol–water partition coefficient (Wildman–Crippen LogP) is 2.73. The summed E-state index contributed by atoms with van der Waals surface area (Å²) in [6.45, 7) is 1.72. The normalized spacial score (nSPS) is 22.0. The van der Waals surface area contributed by atoms with Crippen LogP contribution in [0, 0.1) is 0 Å². The van der Waals surface area contributed by atoms with Gasteiger partial charge in [0.25, 0.3) is 5.91 Å². The van der Waals surface area contributed by atoms with Gasteiger partial charge in [-0.05, 0) is 22.3 Å². The summed E-state index contributed by atoms with van der Waals surface area (Å²) in [5.41, 5.74) is 4.96. The SMILES string of the molecule is CN(CC1Cc2ccccc2CO1)C(=O)C1Cc2ccccc2CO1. The van der Waals surface area contributed by atoms with Crippen molar-refractivity contribution in [1.82, 2.24) is 4.90 Å². The van der Waals surface area contributed by atoms with Gasteiger partial charge in [-0.25, -0.2) is 0 Å². The molecule has 2 aromatic carbocycles. The average molecular weight is 337 g/mol. The average Bonchev–Trinajstić information content (AvgIpc) is 2.67. The Hall–Kier alpha value is -2.17. The van der Waals surface area contributed by atoms with Gasteiger partial charge in [-0.1, -0.05) is 48.5 Å². The summed E-state index contributed by atoms with van der Waals surface area (Å²) in [6.07, 6.45) is 1.14. The molecule has 130 valence electrons. The molecular weight excluding hydrogens is 314 g/mol. The summed E-state index contributed by atoms with van der Waals surface area (Å²) in [5.74, 6) is 0.0389. The standard InChI is InChI=1S/C21H23NO3/c1-22(12-19-10-15-6-2-4-8-17(15)13-24-19)21(23)20-11-16-7-3-5-9-18(16)14-25-20/h2-9,19-20H,10-14H2,1H3. The highest BCUT2D eigenvalue weighted by molar-refractivity contribution is 5.81. The summed E-state index contributed by atoms with van der Waals surface area (Å²) in [6, 6.07) is 16.5. The van der Waals surface area contributed by atoms with Gasteiger partial charge in [-0.3, -0.25) is 4.79 Å². The quantitative estimate of drug-likeness (QED) is 0.864. The number of amides is 1. The molecule has 2 aromatic rings. The minimum atomic E-state index is -0.393. The second kappa shape index (κ2) is 6.98. The predicted molar refractivity (Wildman–Crippen MR) is 95.1 cm³/mol. The molecule has 4 rings (SSSR count). The van der Waals surface area contributed by atoms with Crippen LogP contribution in [0.5, 0.6) is 0 Å². The van der Waals surface area contributed by atoms with E-state index < -0.39 is 6.10 Å². The third kappa shape index (κ3) is 3.46. The van der Waals surface area contributed by atoms with E-state index in [1.54, 1.807) is 4.90 Å². The fourth-order valence-corrected chi connectivity index (χ4v) is 3.67. The van der Waals surface area contributed by atoms with E-state index in [4.69, 9.17) is 9.47 Å². The molecule has 25 heavy (non-hydrogen) atoms. The molecule has 0 bridgehead atoms. The molecule has 0 N–H and O–H groups in total. The van der Waals surface area contributed by atoms with Gasteiger partial charge in [0.05, 0.1) is 19.3 Å². The van der Waals surface area contributed by atoms with Crippen LogP contribution < -0.4 is 0 Å². The Balaban J connectivity index is 1.37. The van der Waals surface area contributed by atoms with Crippen molar-refractivity contribution in [3.63, 3.8) is 0 Å². The second-order valence-corrected chi connectivity index (χ2v) is 6.90. The zero-order valence-electron chi connectivity index (χ0n) is 14.5. The number of rotatable bonds is 3. The number of likely N-dealkylation sites (N-methyl/N-ethyl adjacent to an activating group) is 1. The van der Waals surface area contributed by atoms with E-state index in [9.17, 15) is 4.79 Å². The van der Waals surface area contributed by atoms with Crippen LogP contribution in [-0.2, 0) is 40.3 Å². The number of hydrogen-bond acceptors (Lipinski definition) is 3. The first-order valence-corrected chi connectivity index (χ1v) is 8.82. The highest BCUT2D eigenvalue weighted by Crippen LogP contribution is 2.23. The van der Waals surface area contributed by atoms with Crippen LogP contribution in [0.2, 0.25) is 0 Å². The molecule has 4 nitrogen and oxygen atoms in total. The maximum Gasteiger partial charge on any atom is 0.251 e. The number of benzene rings is 2. The van der Waals surface area contributed by atoms with Crippen molar-refractivity contribution < 1.29 is 14.3 Å². The van der Waals surface area contributed by atoms with Crippen LogP contribution in [0.25, 0.3) is 0 Å². The number of ether oxygens (including phenoxy) is 2. The van der Waals surface area contributed by atoms with Gasteiger partial charge in [-0.2, -0.15) is 0 Å². The number of carbonyl (C=O) groups is 1. The van der Waals surface area contributed by atoms with Crippen LogP contribution in [0.1, 0.15) is 22.3 Å². The summed E-state index contributed by atoms with van der Waals surface area (Å²) < 4.78 is 11.7. The van der Waals surface area contributed by atoms with E-state index in [-0.39, 0.29) is 12.0 Å². The third-order valence-electron chi connectivity index (χ3n) is 5.13. The van der Waals surface area contributed by atoms with Crippen LogP contribution in [0.15, 0.2) is 48.5 Å². The molecule has 1 amide bonds. The fraction of sp³-hybridized carbons (Fsp3) is 0.381. The van der Waals surface area contributed by atoms with Crippen LogP contribution >= 0.6 is 0 Å². The smallest absolute Gasteiger partial charge is 0.251 e. The van der Waals surface area contributed by atoms with Crippen molar-refractivity contribution in [2.75, 3.05) is 13.6 Å². The first-order chi connectivity index (χ1) is 12.2. The third-order valence-corrected chi connectivity index (χ3v) is 5.13. The minimum Gasteiger partial charge on any atom is -0.371 e. The first-order valence-electron chi connectivity index (χ1n) is 8.82. The van der Waals surface area contributed by atoms with Crippen LogP contribution in [0.4, 0.5) is 0 Å². The molecule has 0 saturated carbocycles. The van der Waals surface area contributed by atoms with Gasteiger partial charge >= 0.3 is 0 Å². The van der Waals surface area contributed by atoms with Crippen molar-refractivity contribution in [1.29, 1.82) is 0 Å². The van der Waals surface area contributed by atoms with Gasteiger partial charge in [0, 0.05) is 26.4 Å². The maximum atomic E-state index is 12.8. The number of hydrogen-bond donors (Lipinski definition) is 0. The highest BCUT2D eigenvalue weighted by atomic mass is 16.5. The van der Waals surface area contributed by atoms with Gasteiger partial charge in [0.2, 0.25) is 0 Å². The monoisotopic (exact) mass is 337 g/mol. The first kappa shape index (κ1) is 16.3. The van der Waals surface area contributed by atoms with E-state index >= 15 is 0 Å². The molecule has 2 unspecified atom stereocenters. The number of fused-ring (bicyclic) bond motifs is 2. The minimum absolute atomic E-state index is 0.0389. The summed E-state index contributed by atoms with van der Waals surface area (Å²) in [4.78, 5) is 14.5. The van der Waals surface area contributed by atoms with Crippen molar-refractivity contribution in [3.8, 4) is 0 Å². The molecule has 0 aromatic heterocycles.